The first-order valence-electron chi connectivity index (χ1n) is 4.18. The molecule has 0 aliphatic carbocycles. The fourth-order valence-corrected chi connectivity index (χ4v) is 1.22. The average Bonchev–Trinajstić information content (AvgIpc) is 2.74. The number of hydrogen-bond donors (Lipinski definition) is 2. The van der Waals surface area contributed by atoms with E-state index in [4.69, 9.17) is 11.6 Å². The Morgan fingerprint density at radius 3 is 3.07 bits per heavy atom. The first-order valence-corrected chi connectivity index (χ1v) is 4.56. The van der Waals surface area contributed by atoms with Crippen LogP contribution >= 0.6 is 11.6 Å². The molecule has 0 aliphatic rings. The first-order chi connectivity index (χ1) is 7.27. The molecule has 1 amide bonds. The molecule has 2 aromatic heterocycles. The predicted molar refractivity (Wildman–Crippen MR) is 55.8 cm³/mol. The van der Waals surface area contributed by atoms with Gasteiger partial charge >= 0.3 is 0 Å². The lowest BCUT2D eigenvalue weighted by atomic mass is 10.3. The van der Waals surface area contributed by atoms with Crippen molar-refractivity contribution >= 4 is 23.2 Å². The van der Waals surface area contributed by atoms with E-state index in [1.54, 1.807) is 18.3 Å². The van der Waals surface area contributed by atoms with Gasteiger partial charge in [-0.2, -0.15) is 5.10 Å². The van der Waals surface area contributed by atoms with E-state index >= 15 is 0 Å². The Labute approximate surface area is 90.5 Å². The lowest BCUT2D eigenvalue weighted by molar-refractivity contribution is 0.102. The van der Waals surface area contributed by atoms with Crippen LogP contribution < -0.4 is 5.32 Å². The van der Waals surface area contributed by atoms with E-state index in [-0.39, 0.29) is 11.1 Å². The normalized spacial score (nSPS) is 9.93. The van der Waals surface area contributed by atoms with Crippen LogP contribution in [0.5, 0.6) is 0 Å². The molecule has 0 spiro atoms. The van der Waals surface area contributed by atoms with Crippen LogP contribution in [0.4, 0.5) is 5.69 Å². The van der Waals surface area contributed by atoms with Crippen molar-refractivity contribution in [1.82, 2.24) is 15.2 Å². The third kappa shape index (κ3) is 2.13. The number of amides is 1. The van der Waals surface area contributed by atoms with Gasteiger partial charge < -0.3 is 5.32 Å². The van der Waals surface area contributed by atoms with Gasteiger partial charge in [0.05, 0.1) is 17.4 Å². The lowest BCUT2D eigenvalue weighted by Gasteiger charge is -2.03. The van der Waals surface area contributed by atoms with Crippen molar-refractivity contribution in [3.05, 3.63) is 41.4 Å². The van der Waals surface area contributed by atoms with Crippen molar-refractivity contribution in [3.8, 4) is 0 Å². The fraction of sp³-hybridized carbons (Fsp3) is 0. The lowest BCUT2D eigenvalue weighted by Crippen LogP contribution is -2.11. The number of pyridine rings is 1. The second kappa shape index (κ2) is 4.10. The molecule has 0 atom stereocenters. The molecule has 0 saturated heterocycles. The zero-order chi connectivity index (χ0) is 10.7. The van der Waals surface area contributed by atoms with E-state index in [0.29, 0.717) is 11.3 Å². The second-order valence-corrected chi connectivity index (χ2v) is 3.14. The molecule has 2 rings (SSSR count). The highest BCUT2D eigenvalue weighted by atomic mass is 35.5. The predicted octanol–water partition coefficient (Wildman–Crippen LogP) is 1.71. The quantitative estimate of drug-likeness (QED) is 0.760. The van der Waals surface area contributed by atoms with Gasteiger partial charge in [-0.3, -0.25) is 9.89 Å². The van der Waals surface area contributed by atoms with Gasteiger partial charge in [-0.1, -0.05) is 11.6 Å². The summed E-state index contributed by atoms with van der Waals surface area (Å²) in [5.74, 6) is -0.279. The standard InChI is InChI=1S/C9H7ClN4O/c10-8-7(2-1-3-11-8)14-9(15)6-4-12-13-5-6/h1-5H,(H,12,13)(H,14,15). The third-order valence-electron chi connectivity index (χ3n) is 1.77. The molecule has 15 heavy (non-hydrogen) atoms. The monoisotopic (exact) mass is 222 g/mol. The van der Waals surface area contributed by atoms with Crippen LogP contribution in [0.3, 0.4) is 0 Å². The maximum Gasteiger partial charge on any atom is 0.258 e. The number of rotatable bonds is 2. The van der Waals surface area contributed by atoms with Gasteiger partial charge in [0, 0.05) is 12.4 Å². The van der Waals surface area contributed by atoms with Crippen molar-refractivity contribution in [1.29, 1.82) is 0 Å². The number of H-pyrrole nitrogens is 1. The van der Waals surface area contributed by atoms with Gasteiger partial charge in [-0.15, -0.1) is 0 Å². The molecular formula is C9H7ClN4O. The summed E-state index contributed by atoms with van der Waals surface area (Å²) in [5.41, 5.74) is 0.917. The Hall–Kier alpha value is -1.88. The maximum absolute atomic E-state index is 11.6. The van der Waals surface area contributed by atoms with Gasteiger partial charge in [-0.05, 0) is 12.1 Å². The average molecular weight is 223 g/mol. The van der Waals surface area contributed by atoms with Gasteiger partial charge in [0.25, 0.3) is 5.91 Å². The summed E-state index contributed by atoms with van der Waals surface area (Å²) in [5, 5.41) is 9.10. The van der Waals surface area contributed by atoms with E-state index in [1.165, 1.54) is 12.4 Å². The molecule has 2 N–H and O–H groups in total. The number of carbonyl (C=O) groups excluding carboxylic acids is 1. The molecule has 0 aromatic carbocycles. The molecular weight excluding hydrogens is 216 g/mol. The first kappa shape index (κ1) is 9.67. The van der Waals surface area contributed by atoms with Gasteiger partial charge in [-0.25, -0.2) is 4.98 Å². The number of aromatic nitrogens is 3. The Bertz CT molecular complexity index is 469. The molecule has 2 aromatic rings. The highest BCUT2D eigenvalue weighted by Gasteiger charge is 2.08. The van der Waals surface area contributed by atoms with Crippen molar-refractivity contribution in [3.63, 3.8) is 0 Å². The Morgan fingerprint density at radius 2 is 2.40 bits per heavy atom. The number of carbonyl (C=O) groups is 1. The van der Waals surface area contributed by atoms with Crippen LogP contribution in [0.2, 0.25) is 5.15 Å². The minimum Gasteiger partial charge on any atom is -0.319 e. The van der Waals surface area contributed by atoms with Crippen LogP contribution in [-0.2, 0) is 0 Å². The van der Waals surface area contributed by atoms with Crippen molar-refractivity contribution in [2.75, 3.05) is 5.32 Å². The smallest absolute Gasteiger partial charge is 0.258 e. The van der Waals surface area contributed by atoms with Crippen LogP contribution in [0.15, 0.2) is 30.7 Å². The summed E-state index contributed by atoms with van der Waals surface area (Å²) in [6.07, 6.45) is 4.48. The SMILES string of the molecule is O=C(Nc1cccnc1Cl)c1cn[nH]c1. The van der Waals surface area contributed by atoms with Crippen molar-refractivity contribution in [2.24, 2.45) is 0 Å². The summed E-state index contributed by atoms with van der Waals surface area (Å²) in [6.45, 7) is 0. The van der Waals surface area contributed by atoms with Crippen molar-refractivity contribution in [2.45, 2.75) is 0 Å². The number of hydrogen-bond acceptors (Lipinski definition) is 3. The maximum atomic E-state index is 11.6. The Kier molecular flexibility index (Phi) is 2.64. The summed E-state index contributed by atoms with van der Waals surface area (Å²) < 4.78 is 0. The number of aromatic amines is 1. The van der Waals surface area contributed by atoms with E-state index in [1.807, 2.05) is 0 Å². The topological polar surface area (TPSA) is 70.7 Å². The van der Waals surface area contributed by atoms with Crippen LogP contribution in [0.25, 0.3) is 0 Å². The summed E-state index contributed by atoms with van der Waals surface area (Å²) >= 11 is 5.78. The van der Waals surface area contributed by atoms with Gasteiger partial charge in [0.1, 0.15) is 0 Å². The number of halogens is 1. The third-order valence-corrected chi connectivity index (χ3v) is 2.07. The highest BCUT2D eigenvalue weighted by molar-refractivity contribution is 6.32. The summed E-state index contributed by atoms with van der Waals surface area (Å²) in [4.78, 5) is 15.4. The molecule has 0 fully saturated rings. The fourth-order valence-electron chi connectivity index (χ4n) is 1.05. The Morgan fingerprint density at radius 1 is 1.53 bits per heavy atom. The van der Waals surface area contributed by atoms with E-state index < -0.39 is 0 Å². The zero-order valence-corrected chi connectivity index (χ0v) is 8.32. The molecule has 0 radical (unpaired) electrons. The molecule has 0 unspecified atom stereocenters. The minimum atomic E-state index is -0.279. The summed E-state index contributed by atoms with van der Waals surface area (Å²) in [7, 11) is 0. The molecule has 0 saturated carbocycles. The molecule has 76 valence electrons. The van der Waals surface area contributed by atoms with Crippen LogP contribution in [-0.4, -0.2) is 21.1 Å². The van der Waals surface area contributed by atoms with E-state index in [0.717, 1.165) is 0 Å². The molecule has 0 bridgehead atoms. The largest absolute Gasteiger partial charge is 0.319 e. The van der Waals surface area contributed by atoms with E-state index in [2.05, 4.69) is 20.5 Å². The highest BCUT2D eigenvalue weighted by Crippen LogP contribution is 2.17. The van der Waals surface area contributed by atoms with Crippen LogP contribution in [0.1, 0.15) is 10.4 Å². The second-order valence-electron chi connectivity index (χ2n) is 2.78. The van der Waals surface area contributed by atoms with E-state index in [9.17, 15) is 4.79 Å². The van der Waals surface area contributed by atoms with Gasteiger partial charge in [0.15, 0.2) is 5.15 Å². The minimum absolute atomic E-state index is 0.259. The molecule has 2 heterocycles. The number of anilines is 1. The zero-order valence-electron chi connectivity index (χ0n) is 7.57. The Balaban J connectivity index is 2.17. The van der Waals surface area contributed by atoms with Crippen LogP contribution in [0, 0.1) is 0 Å². The summed E-state index contributed by atoms with van der Waals surface area (Å²) in [6, 6.07) is 3.37. The molecule has 0 aliphatic heterocycles. The number of nitrogens with zero attached hydrogens (tertiary/aromatic N) is 2. The molecule has 6 heteroatoms. The van der Waals surface area contributed by atoms with Crippen molar-refractivity contribution < 1.29 is 4.79 Å². The number of nitrogens with one attached hydrogen (secondary N) is 2. The van der Waals surface area contributed by atoms with Gasteiger partial charge in [0.2, 0.25) is 0 Å². The molecule has 5 nitrogen and oxygen atoms in total.